The molecule has 0 bridgehead atoms. The highest BCUT2D eigenvalue weighted by Crippen LogP contribution is 2.27. The molecule has 0 saturated carbocycles. The number of nitrogens with zero attached hydrogens (tertiary/aromatic N) is 3. The van der Waals surface area contributed by atoms with E-state index in [1.807, 2.05) is 4.90 Å². The van der Waals surface area contributed by atoms with Crippen molar-refractivity contribution in [2.45, 2.75) is 19.8 Å². The van der Waals surface area contributed by atoms with Gasteiger partial charge in [-0.2, -0.15) is 0 Å². The molecule has 0 unspecified atom stereocenters. The molecule has 0 fully saturated rings. The van der Waals surface area contributed by atoms with Crippen LogP contribution in [0, 0.1) is 10.1 Å². The van der Waals surface area contributed by atoms with Crippen LogP contribution >= 0.6 is 15.9 Å². The molecule has 0 radical (unpaired) electrons. The zero-order valence-electron chi connectivity index (χ0n) is 10.2. The summed E-state index contributed by atoms with van der Waals surface area (Å²) in [5, 5.41) is 19.7. The maximum absolute atomic E-state index is 10.6. The molecular weight excluding hydrogens is 302 g/mol. The molecule has 1 N–H and O–H groups in total. The van der Waals surface area contributed by atoms with Crippen LogP contribution in [0.2, 0.25) is 0 Å². The molecule has 1 aromatic heterocycles. The number of halogens is 1. The van der Waals surface area contributed by atoms with Gasteiger partial charge in [0, 0.05) is 19.2 Å². The van der Waals surface area contributed by atoms with Crippen LogP contribution in [0.5, 0.6) is 0 Å². The Bertz CT molecular complexity index is 415. The van der Waals surface area contributed by atoms with Crippen LogP contribution in [-0.2, 0) is 0 Å². The van der Waals surface area contributed by atoms with Gasteiger partial charge in [0.2, 0.25) is 0 Å². The van der Waals surface area contributed by atoms with Gasteiger partial charge >= 0.3 is 0 Å². The van der Waals surface area contributed by atoms with Crippen molar-refractivity contribution in [3.63, 3.8) is 0 Å². The molecule has 0 saturated heterocycles. The molecule has 18 heavy (non-hydrogen) atoms. The van der Waals surface area contributed by atoms with Crippen molar-refractivity contribution >= 4 is 27.4 Å². The van der Waals surface area contributed by atoms with E-state index < -0.39 is 4.92 Å². The molecular formula is C11H16BrN3O3. The van der Waals surface area contributed by atoms with E-state index in [0.717, 1.165) is 19.4 Å². The molecule has 0 aliphatic rings. The van der Waals surface area contributed by atoms with Gasteiger partial charge in [-0.05, 0) is 22.4 Å². The highest BCUT2D eigenvalue weighted by Gasteiger charge is 2.15. The Balaban J connectivity index is 2.93. The van der Waals surface area contributed by atoms with Crippen molar-refractivity contribution in [1.82, 2.24) is 4.98 Å². The lowest BCUT2D eigenvalue weighted by Crippen LogP contribution is -2.28. The second-order valence-electron chi connectivity index (χ2n) is 3.82. The number of rotatable bonds is 7. The average molecular weight is 318 g/mol. The van der Waals surface area contributed by atoms with Crippen LogP contribution in [-0.4, -0.2) is 34.7 Å². The van der Waals surface area contributed by atoms with Gasteiger partial charge in [0.1, 0.15) is 12.0 Å². The third-order valence-electron chi connectivity index (χ3n) is 2.47. The number of aromatic nitrogens is 1. The Labute approximate surface area is 114 Å². The summed E-state index contributed by atoms with van der Waals surface area (Å²) in [5.41, 5.74) is -0.0509. The van der Waals surface area contributed by atoms with Gasteiger partial charge in [0.15, 0.2) is 0 Å². The van der Waals surface area contributed by atoms with Crippen LogP contribution in [0.15, 0.2) is 16.7 Å². The van der Waals surface area contributed by atoms with Crippen LogP contribution < -0.4 is 4.90 Å². The van der Waals surface area contributed by atoms with E-state index in [1.165, 1.54) is 12.3 Å². The van der Waals surface area contributed by atoms with Gasteiger partial charge < -0.3 is 10.0 Å². The van der Waals surface area contributed by atoms with E-state index >= 15 is 0 Å². The van der Waals surface area contributed by atoms with Crippen molar-refractivity contribution in [2.24, 2.45) is 0 Å². The average Bonchev–Trinajstić information content (AvgIpc) is 2.34. The fourth-order valence-corrected chi connectivity index (χ4v) is 2.13. The van der Waals surface area contributed by atoms with Crippen molar-refractivity contribution < 1.29 is 10.0 Å². The summed E-state index contributed by atoms with van der Waals surface area (Å²) in [7, 11) is 0. The van der Waals surface area contributed by atoms with E-state index in [1.54, 1.807) is 0 Å². The van der Waals surface area contributed by atoms with Gasteiger partial charge in [-0.3, -0.25) is 10.1 Å². The third kappa shape index (κ3) is 3.92. The Hall–Kier alpha value is -1.21. The standard InChI is InChI=1S/C11H16BrN3O3/c1-2-3-4-14(5-6-16)11-10(12)7-9(8-13-11)15(17)18/h7-8,16H,2-6H2,1H3. The summed E-state index contributed by atoms with van der Waals surface area (Å²) in [5.74, 6) is 0.628. The molecule has 7 heteroatoms. The Morgan fingerprint density at radius 3 is 2.78 bits per heavy atom. The largest absolute Gasteiger partial charge is 0.395 e. The lowest BCUT2D eigenvalue weighted by Gasteiger charge is -2.23. The minimum atomic E-state index is -0.482. The fourth-order valence-electron chi connectivity index (χ4n) is 1.55. The Morgan fingerprint density at radius 1 is 1.56 bits per heavy atom. The van der Waals surface area contributed by atoms with Crippen LogP contribution in [0.3, 0.4) is 0 Å². The molecule has 6 nitrogen and oxygen atoms in total. The quantitative estimate of drug-likeness (QED) is 0.616. The topological polar surface area (TPSA) is 79.5 Å². The number of anilines is 1. The molecule has 1 heterocycles. The molecule has 1 rings (SSSR count). The molecule has 0 aromatic carbocycles. The first-order valence-corrected chi connectivity index (χ1v) is 6.55. The lowest BCUT2D eigenvalue weighted by atomic mass is 10.3. The fraction of sp³-hybridized carbons (Fsp3) is 0.545. The summed E-state index contributed by atoms with van der Waals surface area (Å²) in [6.45, 7) is 3.33. The summed E-state index contributed by atoms with van der Waals surface area (Å²) in [6, 6.07) is 1.43. The second-order valence-corrected chi connectivity index (χ2v) is 4.67. The predicted molar refractivity (Wildman–Crippen MR) is 72.8 cm³/mol. The predicted octanol–water partition coefficient (Wildman–Crippen LogP) is 2.35. The number of aliphatic hydroxyl groups is 1. The highest BCUT2D eigenvalue weighted by atomic mass is 79.9. The van der Waals surface area contributed by atoms with Crippen molar-refractivity contribution in [3.05, 3.63) is 26.9 Å². The summed E-state index contributed by atoms with van der Waals surface area (Å²) in [6.07, 6.45) is 3.24. The SMILES string of the molecule is CCCCN(CCO)c1ncc([N+](=O)[O-])cc1Br. The first-order chi connectivity index (χ1) is 8.60. The maximum Gasteiger partial charge on any atom is 0.288 e. The molecule has 0 atom stereocenters. The third-order valence-corrected chi connectivity index (χ3v) is 3.05. The van der Waals surface area contributed by atoms with Crippen LogP contribution in [0.4, 0.5) is 11.5 Å². The second kappa shape index (κ2) is 7.27. The van der Waals surface area contributed by atoms with E-state index in [4.69, 9.17) is 5.11 Å². The molecule has 0 aliphatic carbocycles. The number of hydrogen-bond acceptors (Lipinski definition) is 5. The van der Waals surface area contributed by atoms with E-state index in [0.29, 0.717) is 16.8 Å². The minimum Gasteiger partial charge on any atom is -0.395 e. The van der Waals surface area contributed by atoms with Gasteiger partial charge in [-0.15, -0.1) is 0 Å². The number of pyridine rings is 1. The molecule has 0 amide bonds. The number of unbranched alkanes of at least 4 members (excludes halogenated alkanes) is 1. The maximum atomic E-state index is 10.6. The monoisotopic (exact) mass is 317 g/mol. The lowest BCUT2D eigenvalue weighted by molar-refractivity contribution is -0.385. The van der Waals surface area contributed by atoms with Gasteiger partial charge in [0.05, 0.1) is 16.0 Å². The molecule has 0 aliphatic heterocycles. The number of hydrogen-bond donors (Lipinski definition) is 1. The normalized spacial score (nSPS) is 10.4. The zero-order chi connectivity index (χ0) is 13.5. The smallest absolute Gasteiger partial charge is 0.288 e. The number of nitro groups is 1. The zero-order valence-corrected chi connectivity index (χ0v) is 11.8. The Morgan fingerprint density at radius 2 is 2.28 bits per heavy atom. The number of aliphatic hydroxyl groups excluding tert-OH is 1. The van der Waals surface area contributed by atoms with Crippen molar-refractivity contribution in [3.8, 4) is 0 Å². The molecule has 100 valence electrons. The van der Waals surface area contributed by atoms with Crippen LogP contribution in [0.25, 0.3) is 0 Å². The van der Waals surface area contributed by atoms with Gasteiger partial charge in [0.25, 0.3) is 5.69 Å². The summed E-state index contributed by atoms with van der Waals surface area (Å²) in [4.78, 5) is 16.2. The minimum absolute atomic E-state index is 0.0226. The first kappa shape index (κ1) is 14.8. The van der Waals surface area contributed by atoms with E-state index in [9.17, 15) is 10.1 Å². The van der Waals surface area contributed by atoms with Crippen molar-refractivity contribution in [1.29, 1.82) is 0 Å². The van der Waals surface area contributed by atoms with E-state index in [2.05, 4.69) is 27.8 Å². The first-order valence-electron chi connectivity index (χ1n) is 5.75. The Kier molecular flexibility index (Phi) is 6.00. The van der Waals surface area contributed by atoms with Crippen molar-refractivity contribution in [2.75, 3.05) is 24.6 Å². The summed E-state index contributed by atoms with van der Waals surface area (Å²) < 4.78 is 0.571. The van der Waals surface area contributed by atoms with Gasteiger partial charge in [-0.1, -0.05) is 13.3 Å². The van der Waals surface area contributed by atoms with E-state index in [-0.39, 0.29) is 12.3 Å². The van der Waals surface area contributed by atoms with Crippen LogP contribution in [0.1, 0.15) is 19.8 Å². The summed E-state index contributed by atoms with van der Waals surface area (Å²) >= 11 is 3.29. The molecule has 1 aromatic rings. The highest BCUT2D eigenvalue weighted by molar-refractivity contribution is 9.10. The van der Waals surface area contributed by atoms with Gasteiger partial charge in [-0.25, -0.2) is 4.98 Å². The molecule has 0 spiro atoms.